The van der Waals surface area contributed by atoms with Crippen LogP contribution in [0.2, 0.25) is 0 Å². The molecule has 1 aromatic rings. The minimum Gasteiger partial charge on any atom is -0.496 e. The topological polar surface area (TPSA) is 66.8 Å². The van der Waals surface area contributed by atoms with Crippen molar-refractivity contribution >= 4 is 15.5 Å². The van der Waals surface area contributed by atoms with E-state index in [0.29, 0.717) is 30.8 Å². The van der Waals surface area contributed by atoms with Crippen molar-refractivity contribution in [2.24, 2.45) is 0 Å². The first-order valence-corrected chi connectivity index (χ1v) is 8.57. The van der Waals surface area contributed by atoms with Crippen LogP contribution in [0, 0.1) is 0 Å². The molecule has 0 aromatic heterocycles. The van der Waals surface area contributed by atoms with Crippen molar-refractivity contribution in [2.75, 3.05) is 36.6 Å². The molecule has 6 heteroatoms. The Balaban J connectivity index is 2.37. The highest BCUT2D eigenvalue weighted by molar-refractivity contribution is 7.91. The van der Waals surface area contributed by atoms with Gasteiger partial charge in [-0.2, -0.15) is 0 Å². The lowest BCUT2D eigenvalue weighted by Crippen LogP contribution is -2.28. The molecule has 0 unspecified atom stereocenters. The Bertz CT molecular complexity index is 569. The largest absolute Gasteiger partial charge is 0.496 e. The number of ether oxygens (including phenoxy) is 1. The van der Waals surface area contributed by atoms with E-state index in [1.807, 2.05) is 17.0 Å². The van der Waals surface area contributed by atoms with Crippen LogP contribution in [0.3, 0.4) is 0 Å². The standard InChI is InChI=1S/C14H21NO4S/c1-11(16)14-12(5-3-6-13(14)19-2)15-7-4-9-20(17,18)10-8-15/h3,5-6,11,16H,4,7-10H2,1-2H3/t11-/m1/s1. The summed E-state index contributed by atoms with van der Waals surface area (Å²) in [5, 5.41) is 10.00. The van der Waals surface area contributed by atoms with Crippen LogP contribution in [0.5, 0.6) is 5.75 Å². The summed E-state index contributed by atoms with van der Waals surface area (Å²) in [7, 11) is -1.38. The first kappa shape index (κ1) is 15.1. The molecule has 1 heterocycles. The first-order chi connectivity index (χ1) is 9.44. The summed E-state index contributed by atoms with van der Waals surface area (Å²) in [6, 6.07) is 5.57. The summed E-state index contributed by atoms with van der Waals surface area (Å²) < 4.78 is 28.7. The number of benzene rings is 1. The summed E-state index contributed by atoms with van der Waals surface area (Å²) in [4.78, 5) is 2.02. The summed E-state index contributed by atoms with van der Waals surface area (Å²) in [6.07, 6.45) is -0.0558. The monoisotopic (exact) mass is 299 g/mol. The zero-order valence-electron chi connectivity index (χ0n) is 11.9. The highest BCUT2D eigenvalue weighted by atomic mass is 32.2. The maximum Gasteiger partial charge on any atom is 0.152 e. The van der Waals surface area contributed by atoms with E-state index in [4.69, 9.17) is 4.74 Å². The van der Waals surface area contributed by atoms with Gasteiger partial charge in [0.15, 0.2) is 9.84 Å². The summed E-state index contributed by atoms with van der Waals surface area (Å²) in [5.74, 6) is 1.02. The van der Waals surface area contributed by atoms with Gasteiger partial charge in [0.05, 0.1) is 24.7 Å². The van der Waals surface area contributed by atoms with Gasteiger partial charge in [0.25, 0.3) is 0 Å². The average molecular weight is 299 g/mol. The summed E-state index contributed by atoms with van der Waals surface area (Å²) in [6.45, 7) is 2.82. The van der Waals surface area contributed by atoms with Crippen molar-refractivity contribution in [3.05, 3.63) is 23.8 Å². The number of sulfone groups is 1. The number of anilines is 1. The molecule has 5 nitrogen and oxygen atoms in total. The fourth-order valence-electron chi connectivity index (χ4n) is 2.59. The number of aliphatic hydroxyl groups is 1. The van der Waals surface area contributed by atoms with Gasteiger partial charge in [0, 0.05) is 24.3 Å². The smallest absolute Gasteiger partial charge is 0.152 e. The molecule has 0 bridgehead atoms. The zero-order valence-corrected chi connectivity index (χ0v) is 12.7. The van der Waals surface area contributed by atoms with Crippen molar-refractivity contribution in [3.8, 4) is 5.75 Å². The van der Waals surface area contributed by atoms with Gasteiger partial charge in [-0.3, -0.25) is 0 Å². The predicted molar refractivity (Wildman–Crippen MR) is 79.1 cm³/mol. The molecule has 1 fully saturated rings. The van der Waals surface area contributed by atoms with E-state index in [-0.39, 0.29) is 11.5 Å². The molecule has 1 saturated heterocycles. The number of rotatable bonds is 3. The third-order valence-electron chi connectivity index (χ3n) is 3.58. The summed E-state index contributed by atoms with van der Waals surface area (Å²) in [5.41, 5.74) is 1.57. The van der Waals surface area contributed by atoms with E-state index < -0.39 is 15.9 Å². The van der Waals surface area contributed by atoms with Crippen LogP contribution in [0.1, 0.15) is 25.0 Å². The predicted octanol–water partition coefficient (Wildman–Crippen LogP) is 1.37. The highest BCUT2D eigenvalue weighted by Crippen LogP contribution is 2.35. The molecule has 1 aliphatic heterocycles. The Hall–Kier alpha value is -1.27. The maximum absolute atomic E-state index is 11.7. The highest BCUT2D eigenvalue weighted by Gasteiger charge is 2.23. The van der Waals surface area contributed by atoms with Gasteiger partial charge >= 0.3 is 0 Å². The van der Waals surface area contributed by atoms with Crippen LogP contribution in [0.15, 0.2) is 18.2 Å². The zero-order chi connectivity index (χ0) is 14.8. The van der Waals surface area contributed by atoms with Crippen molar-refractivity contribution in [2.45, 2.75) is 19.4 Å². The number of hydrogen-bond donors (Lipinski definition) is 1. The lowest BCUT2D eigenvalue weighted by molar-refractivity contribution is 0.194. The molecule has 0 saturated carbocycles. The van der Waals surface area contributed by atoms with Crippen LogP contribution in [-0.4, -0.2) is 45.2 Å². The molecule has 0 spiro atoms. The van der Waals surface area contributed by atoms with Gasteiger partial charge in [-0.05, 0) is 25.5 Å². The van der Waals surface area contributed by atoms with Crippen molar-refractivity contribution in [1.82, 2.24) is 0 Å². The number of methoxy groups -OCH3 is 1. The van der Waals surface area contributed by atoms with Crippen LogP contribution >= 0.6 is 0 Å². The maximum atomic E-state index is 11.7. The van der Waals surface area contributed by atoms with E-state index in [2.05, 4.69) is 0 Å². The minimum absolute atomic E-state index is 0.156. The molecular formula is C14H21NO4S. The normalized spacial score (nSPS) is 20.2. The molecule has 1 aromatic carbocycles. The van der Waals surface area contributed by atoms with Crippen LogP contribution < -0.4 is 9.64 Å². The molecule has 20 heavy (non-hydrogen) atoms. The van der Waals surface area contributed by atoms with Gasteiger partial charge in [0.2, 0.25) is 0 Å². The fourth-order valence-corrected chi connectivity index (χ4v) is 3.86. The Morgan fingerprint density at radius 1 is 1.30 bits per heavy atom. The number of aliphatic hydroxyl groups excluding tert-OH is 1. The van der Waals surface area contributed by atoms with E-state index in [1.54, 1.807) is 20.1 Å². The van der Waals surface area contributed by atoms with E-state index in [1.165, 1.54) is 0 Å². The molecule has 0 radical (unpaired) electrons. The van der Waals surface area contributed by atoms with Crippen LogP contribution in [-0.2, 0) is 9.84 Å². The van der Waals surface area contributed by atoms with Gasteiger partial charge in [-0.15, -0.1) is 0 Å². The van der Waals surface area contributed by atoms with E-state index >= 15 is 0 Å². The first-order valence-electron chi connectivity index (χ1n) is 6.75. The molecule has 112 valence electrons. The SMILES string of the molecule is COc1cccc(N2CCCS(=O)(=O)CC2)c1[C@@H](C)O. The summed E-state index contributed by atoms with van der Waals surface area (Å²) >= 11 is 0. The minimum atomic E-state index is -2.94. The third-order valence-corrected chi connectivity index (χ3v) is 5.29. The molecular weight excluding hydrogens is 278 g/mol. The van der Waals surface area contributed by atoms with Gasteiger partial charge in [-0.1, -0.05) is 6.07 Å². The number of hydrogen-bond acceptors (Lipinski definition) is 5. The third kappa shape index (κ3) is 3.24. The molecule has 2 rings (SSSR count). The average Bonchev–Trinajstić information content (AvgIpc) is 2.58. The molecule has 1 N–H and O–H groups in total. The van der Waals surface area contributed by atoms with Gasteiger partial charge in [0.1, 0.15) is 5.75 Å². The van der Waals surface area contributed by atoms with Crippen LogP contribution in [0.4, 0.5) is 5.69 Å². The lowest BCUT2D eigenvalue weighted by atomic mass is 10.1. The second-order valence-corrected chi connectivity index (χ2v) is 7.37. The quantitative estimate of drug-likeness (QED) is 0.913. The second-order valence-electron chi connectivity index (χ2n) is 5.06. The van der Waals surface area contributed by atoms with Crippen LogP contribution in [0.25, 0.3) is 0 Å². The number of nitrogens with zero attached hydrogens (tertiary/aromatic N) is 1. The molecule has 1 aliphatic rings. The van der Waals surface area contributed by atoms with Crippen molar-refractivity contribution in [3.63, 3.8) is 0 Å². The molecule has 1 atom stereocenters. The fraction of sp³-hybridized carbons (Fsp3) is 0.571. The molecule has 0 aliphatic carbocycles. The Labute approximate surface area is 120 Å². The van der Waals surface area contributed by atoms with Gasteiger partial charge in [-0.25, -0.2) is 8.42 Å². The Morgan fingerprint density at radius 3 is 2.70 bits per heavy atom. The Morgan fingerprint density at radius 2 is 2.05 bits per heavy atom. The lowest BCUT2D eigenvalue weighted by Gasteiger charge is -2.27. The van der Waals surface area contributed by atoms with Gasteiger partial charge < -0.3 is 14.7 Å². The second kappa shape index (κ2) is 6.01. The van der Waals surface area contributed by atoms with Crippen molar-refractivity contribution < 1.29 is 18.3 Å². The van der Waals surface area contributed by atoms with E-state index in [0.717, 1.165) is 5.69 Å². The van der Waals surface area contributed by atoms with Crippen molar-refractivity contribution in [1.29, 1.82) is 0 Å². The Kier molecular flexibility index (Phi) is 4.55. The molecule has 0 amide bonds. The van der Waals surface area contributed by atoms with E-state index in [9.17, 15) is 13.5 Å².